The smallest absolute Gasteiger partial charge is 0.311 e. The van der Waals surface area contributed by atoms with E-state index in [-0.39, 0.29) is 5.69 Å². The minimum atomic E-state index is -0.658. The summed E-state index contributed by atoms with van der Waals surface area (Å²) in [7, 11) is 0. The Bertz CT molecular complexity index is 376. The van der Waals surface area contributed by atoms with Gasteiger partial charge in [-0.15, -0.1) is 6.58 Å². The Morgan fingerprint density at radius 2 is 2.29 bits per heavy atom. The number of benzene rings is 1. The summed E-state index contributed by atoms with van der Waals surface area (Å²) in [6.07, 6.45) is 1.40. The molecule has 0 radical (unpaired) electrons. The first-order chi connectivity index (χ1) is 6.57. The fraction of sp³-hybridized carbons (Fsp3) is 0.111. The van der Waals surface area contributed by atoms with Crippen LogP contribution in [0.3, 0.4) is 0 Å². The second kappa shape index (κ2) is 3.89. The normalized spacial score (nSPS) is 12.1. The molecule has 0 amide bonds. The van der Waals surface area contributed by atoms with Crippen molar-refractivity contribution >= 4 is 5.69 Å². The van der Waals surface area contributed by atoms with E-state index in [1.54, 1.807) is 0 Å². The van der Waals surface area contributed by atoms with E-state index in [9.17, 15) is 15.2 Å². The summed E-state index contributed by atoms with van der Waals surface area (Å²) in [4.78, 5) is 9.81. The quantitative estimate of drug-likeness (QED) is 0.433. The van der Waals surface area contributed by atoms with Crippen molar-refractivity contribution in [1.82, 2.24) is 0 Å². The van der Waals surface area contributed by atoms with Crippen LogP contribution in [-0.2, 0) is 0 Å². The highest BCUT2D eigenvalue weighted by Gasteiger charge is 2.18. The summed E-state index contributed by atoms with van der Waals surface area (Å²) in [5.41, 5.74) is 5.52. The average molecular weight is 194 g/mol. The predicted molar refractivity (Wildman–Crippen MR) is 51.9 cm³/mol. The third kappa shape index (κ3) is 1.72. The number of para-hydroxylation sites is 1. The van der Waals surface area contributed by atoms with Crippen molar-refractivity contribution in [2.24, 2.45) is 5.73 Å². The van der Waals surface area contributed by atoms with Crippen LogP contribution >= 0.6 is 0 Å². The molecule has 0 bridgehead atoms. The summed E-state index contributed by atoms with van der Waals surface area (Å²) in [6, 6.07) is 3.61. The molecule has 1 aromatic carbocycles. The Labute approximate surface area is 80.6 Å². The molecule has 5 nitrogen and oxygen atoms in total. The number of nitrogens with two attached hydrogens (primary N) is 1. The summed E-state index contributed by atoms with van der Waals surface area (Å²) < 4.78 is 0. The highest BCUT2D eigenvalue weighted by molar-refractivity contribution is 5.52. The lowest BCUT2D eigenvalue weighted by atomic mass is 10.1. The number of hydrogen-bond donors (Lipinski definition) is 2. The average Bonchev–Trinajstić information content (AvgIpc) is 2.16. The Morgan fingerprint density at radius 1 is 1.64 bits per heavy atom. The van der Waals surface area contributed by atoms with E-state index in [4.69, 9.17) is 5.73 Å². The molecule has 0 aliphatic carbocycles. The number of hydrogen-bond acceptors (Lipinski definition) is 4. The highest BCUT2D eigenvalue weighted by atomic mass is 16.6. The fourth-order valence-electron chi connectivity index (χ4n) is 1.09. The summed E-state index contributed by atoms with van der Waals surface area (Å²) >= 11 is 0. The Balaban J connectivity index is 3.26. The van der Waals surface area contributed by atoms with E-state index in [1.165, 1.54) is 24.3 Å². The van der Waals surface area contributed by atoms with Crippen LogP contribution in [0.2, 0.25) is 0 Å². The zero-order chi connectivity index (χ0) is 10.7. The molecule has 0 unspecified atom stereocenters. The first-order valence-corrected chi connectivity index (χ1v) is 3.92. The maximum atomic E-state index is 10.5. The minimum Gasteiger partial charge on any atom is -0.502 e. The lowest BCUT2D eigenvalue weighted by Gasteiger charge is -2.08. The molecule has 3 N–H and O–H groups in total. The van der Waals surface area contributed by atoms with Crippen LogP contribution in [0.1, 0.15) is 11.6 Å². The molecule has 74 valence electrons. The Kier molecular flexibility index (Phi) is 2.83. The van der Waals surface area contributed by atoms with Crippen molar-refractivity contribution in [2.45, 2.75) is 6.04 Å². The molecule has 1 rings (SSSR count). The van der Waals surface area contributed by atoms with Crippen LogP contribution < -0.4 is 5.73 Å². The van der Waals surface area contributed by atoms with Gasteiger partial charge in [0.15, 0.2) is 5.75 Å². The van der Waals surface area contributed by atoms with Crippen molar-refractivity contribution in [3.63, 3.8) is 0 Å². The van der Waals surface area contributed by atoms with Gasteiger partial charge < -0.3 is 10.8 Å². The number of nitro groups is 1. The van der Waals surface area contributed by atoms with Crippen LogP contribution in [0.15, 0.2) is 30.9 Å². The third-order valence-corrected chi connectivity index (χ3v) is 1.86. The Hall–Kier alpha value is -1.88. The van der Waals surface area contributed by atoms with Crippen molar-refractivity contribution < 1.29 is 10.0 Å². The molecule has 0 saturated carbocycles. The molecule has 5 heteroatoms. The van der Waals surface area contributed by atoms with Crippen molar-refractivity contribution in [1.29, 1.82) is 0 Å². The van der Waals surface area contributed by atoms with E-state index in [0.29, 0.717) is 5.56 Å². The van der Waals surface area contributed by atoms with Crippen LogP contribution in [0.5, 0.6) is 5.75 Å². The van der Waals surface area contributed by atoms with Gasteiger partial charge in [0, 0.05) is 11.6 Å². The molecular weight excluding hydrogens is 184 g/mol. The topological polar surface area (TPSA) is 89.4 Å². The molecule has 0 aromatic heterocycles. The minimum absolute atomic E-state index is 0.300. The zero-order valence-electron chi connectivity index (χ0n) is 7.38. The summed E-state index contributed by atoms with van der Waals surface area (Å²) in [5.74, 6) is -0.398. The molecule has 1 aromatic rings. The Morgan fingerprint density at radius 3 is 2.79 bits per heavy atom. The molecule has 14 heavy (non-hydrogen) atoms. The maximum absolute atomic E-state index is 10.5. The van der Waals surface area contributed by atoms with E-state index >= 15 is 0 Å². The SMILES string of the molecule is C=C[C@H](N)c1cccc([N+](=O)[O-])c1O. The standard InChI is InChI=1S/C9H10N2O3/c1-2-7(10)6-4-3-5-8(9(6)12)11(13)14/h2-5,7,12H,1,10H2/t7-/m0/s1. The first-order valence-electron chi connectivity index (χ1n) is 3.92. The summed E-state index contributed by atoms with van der Waals surface area (Å²) in [5, 5.41) is 20.0. The van der Waals surface area contributed by atoms with Crippen molar-refractivity contribution in [3.8, 4) is 5.75 Å². The van der Waals surface area contributed by atoms with Crippen LogP contribution in [0.4, 0.5) is 5.69 Å². The molecule has 0 spiro atoms. The summed E-state index contributed by atoms with van der Waals surface area (Å²) in [6.45, 7) is 3.45. The third-order valence-electron chi connectivity index (χ3n) is 1.86. The number of nitrogens with zero attached hydrogens (tertiary/aromatic N) is 1. The molecular formula is C9H10N2O3. The van der Waals surface area contributed by atoms with Gasteiger partial charge in [-0.05, 0) is 0 Å². The zero-order valence-corrected chi connectivity index (χ0v) is 7.38. The predicted octanol–water partition coefficient (Wildman–Crippen LogP) is 1.49. The second-order valence-corrected chi connectivity index (χ2v) is 2.73. The van der Waals surface area contributed by atoms with Gasteiger partial charge in [-0.1, -0.05) is 18.2 Å². The lowest BCUT2D eigenvalue weighted by Crippen LogP contribution is -2.07. The van der Waals surface area contributed by atoms with E-state index in [2.05, 4.69) is 6.58 Å². The van der Waals surface area contributed by atoms with E-state index in [0.717, 1.165) is 0 Å². The van der Waals surface area contributed by atoms with Gasteiger partial charge >= 0.3 is 5.69 Å². The fourth-order valence-corrected chi connectivity index (χ4v) is 1.09. The van der Waals surface area contributed by atoms with Crippen molar-refractivity contribution in [2.75, 3.05) is 0 Å². The van der Waals surface area contributed by atoms with Crippen LogP contribution in [-0.4, -0.2) is 10.0 Å². The molecule has 0 aliphatic heterocycles. The molecule has 0 fully saturated rings. The van der Waals surface area contributed by atoms with Gasteiger partial charge in [-0.2, -0.15) is 0 Å². The van der Waals surface area contributed by atoms with Gasteiger partial charge in [-0.3, -0.25) is 10.1 Å². The highest BCUT2D eigenvalue weighted by Crippen LogP contribution is 2.32. The molecule has 1 atom stereocenters. The van der Waals surface area contributed by atoms with Crippen molar-refractivity contribution in [3.05, 3.63) is 46.5 Å². The molecule has 0 heterocycles. The monoisotopic (exact) mass is 194 g/mol. The van der Waals surface area contributed by atoms with Gasteiger partial charge in [0.2, 0.25) is 0 Å². The molecule has 0 aliphatic rings. The van der Waals surface area contributed by atoms with E-state index in [1.807, 2.05) is 0 Å². The van der Waals surface area contributed by atoms with Gasteiger partial charge in [0.25, 0.3) is 0 Å². The second-order valence-electron chi connectivity index (χ2n) is 2.73. The number of phenolic OH excluding ortho intramolecular Hbond substituents is 1. The number of nitro benzene ring substituents is 1. The van der Waals surface area contributed by atoms with E-state index < -0.39 is 16.7 Å². The maximum Gasteiger partial charge on any atom is 0.311 e. The first kappa shape index (κ1) is 10.2. The van der Waals surface area contributed by atoms with Gasteiger partial charge in [-0.25, -0.2) is 0 Å². The van der Waals surface area contributed by atoms with Crippen LogP contribution in [0.25, 0.3) is 0 Å². The van der Waals surface area contributed by atoms with Gasteiger partial charge in [0.05, 0.1) is 11.0 Å². The largest absolute Gasteiger partial charge is 0.502 e. The van der Waals surface area contributed by atoms with Crippen LogP contribution in [0, 0.1) is 10.1 Å². The number of rotatable bonds is 3. The number of phenols is 1. The number of aromatic hydroxyl groups is 1. The molecule has 0 saturated heterocycles. The van der Waals surface area contributed by atoms with Gasteiger partial charge in [0.1, 0.15) is 0 Å². The lowest BCUT2D eigenvalue weighted by molar-refractivity contribution is -0.385.